The Hall–Kier alpha value is -1.39. The van der Waals surface area contributed by atoms with E-state index in [-0.39, 0.29) is 5.54 Å². The second-order valence-electron chi connectivity index (χ2n) is 6.79. The summed E-state index contributed by atoms with van der Waals surface area (Å²) in [7, 11) is 1.74. The summed E-state index contributed by atoms with van der Waals surface area (Å²) in [4.78, 5) is 2.52. The van der Waals surface area contributed by atoms with Crippen molar-refractivity contribution >= 4 is 11.8 Å². The van der Waals surface area contributed by atoms with Gasteiger partial charge < -0.3 is 15.0 Å². The van der Waals surface area contributed by atoms with E-state index in [2.05, 4.69) is 59.1 Å². The summed E-state index contributed by atoms with van der Waals surface area (Å²) in [5.41, 5.74) is 1.55. The fraction of sp³-hybridized carbons (Fsp3) is 0.474. The lowest BCUT2D eigenvalue weighted by molar-refractivity contribution is 0.0907. The predicted octanol–water partition coefficient (Wildman–Crippen LogP) is 3.56. The average Bonchev–Trinajstić information content (AvgIpc) is 3.17. The maximum Gasteiger partial charge on any atom is 0.119 e. The first kappa shape index (κ1) is 15.2. The minimum absolute atomic E-state index is 0.209. The van der Waals surface area contributed by atoms with Crippen LogP contribution >= 0.6 is 11.8 Å². The highest BCUT2D eigenvalue weighted by atomic mass is 32.2. The Labute approximate surface area is 142 Å². The number of thioether (sulfide) groups is 1. The zero-order valence-corrected chi connectivity index (χ0v) is 14.6. The van der Waals surface area contributed by atoms with Gasteiger partial charge in [0.05, 0.1) is 18.5 Å². The number of fused-ring (bicyclic) bond motifs is 1. The minimum atomic E-state index is 0.209. The topological polar surface area (TPSA) is 24.5 Å². The van der Waals surface area contributed by atoms with Crippen LogP contribution in [0.25, 0.3) is 0 Å². The number of ether oxygens (including phenoxy) is 1. The third kappa shape index (κ3) is 2.48. The van der Waals surface area contributed by atoms with Gasteiger partial charge >= 0.3 is 0 Å². The quantitative estimate of drug-likeness (QED) is 0.893. The van der Waals surface area contributed by atoms with E-state index in [1.165, 1.54) is 18.4 Å². The number of nitrogens with one attached hydrogen (secondary N) is 1. The van der Waals surface area contributed by atoms with Crippen molar-refractivity contribution in [2.75, 3.05) is 19.9 Å². The molecule has 0 spiro atoms. The van der Waals surface area contributed by atoms with Crippen LogP contribution in [0.15, 0.2) is 48.7 Å². The highest BCUT2D eigenvalue weighted by Gasteiger charge is 2.57. The van der Waals surface area contributed by atoms with Crippen LogP contribution in [0.2, 0.25) is 0 Å². The molecule has 0 aromatic heterocycles. The van der Waals surface area contributed by atoms with Crippen LogP contribution in [0.3, 0.4) is 0 Å². The Bertz CT molecular complexity index is 631. The number of hydrogen-bond acceptors (Lipinski definition) is 4. The molecule has 0 amide bonds. The summed E-state index contributed by atoms with van der Waals surface area (Å²) in [5, 5.41) is 4.22. The van der Waals surface area contributed by atoms with E-state index in [9.17, 15) is 0 Å². The molecule has 1 aliphatic carbocycles. The lowest BCUT2D eigenvalue weighted by Gasteiger charge is -2.51. The van der Waals surface area contributed by atoms with E-state index < -0.39 is 0 Å². The first-order chi connectivity index (χ1) is 11.3. The second kappa shape index (κ2) is 5.91. The number of rotatable bonds is 5. The van der Waals surface area contributed by atoms with E-state index >= 15 is 0 Å². The highest BCUT2D eigenvalue weighted by Crippen LogP contribution is 2.54. The summed E-state index contributed by atoms with van der Waals surface area (Å²) < 4.78 is 5.48. The molecule has 2 saturated heterocycles. The van der Waals surface area contributed by atoms with Gasteiger partial charge in [0.2, 0.25) is 0 Å². The Morgan fingerprint density at radius 2 is 2.22 bits per heavy atom. The first-order valence-electron chi connectivity index (χ1n) is 8.30. The molecular weight excluding hydrogens is 304 g/mol. The molecule has 3 heterocycles. The van der Waals surface area contributed by atoms with Crippen LogP contribution in [-0.2, 0) is 0 Å². The van der Waals surface area contributed by atoms with E-state index in [1.807, 2.05) is 17.8 Å². The van der Waals surface area contributed by atoms with Gasteiger partial charge in [0.15, 0.2) is 0 Å². The molecule has 1 aromatic carbocycles. The molecule has 23 heavy (non-hydrogen) atoms. The molecule has 5 rings (SSSR count). The van der Waals surface area contributed by atoms with Crippen LogP contribution in [0.1, 0.15) is 24.4 Å². The van der Waals surface area contributed by atoms with Gasteiger partial charge in [-0.15, -0.1) is 11.8 Å². The molecule has 2 unspecified atom stereocenters. The second-order valence-corrected chi connectivity index (χ2v) is 7.74. The molecule has 122 valence electrons. The van der Waals surface area contributed by atoms with Crippen molar-refractivity contribution in [3.05, 3.63) is 54.3 Å². The van der Waals surface area contributed by atoms with Crippen molar-refractivity contribution in [3.8, 4) is 5.75 Å². The van der Waals surface area contributed by atoms with Gasteiger partial charge in [-0.2, -0.15) is 0 Å². The van der Waals surface area contributed by atoms with Gasteiger partial charge in [-0.05, 0) is 55.3 Å². The molecule has 4 heteroatoms. The Balaban J connectivity index is 1.75. The smallest absolute Gasteiger partial charge is 0.119 e. The van der Waals surface area contributed by atoms with E-state index in [4.69, 9.17) is 4.74 Å². The molecule has 1 saturated carbocycles. The first-order valence-corrected chi connectivity index (χ1v) is 9.59. The summed E-state index contributed by atoms with van der Waals surface area (Å²) in [5.74, 6) is 1.80. The summed E-state index contributed by atoms with van der Waals surface area (Å²) in [6.07, 6.45) is 13.6. The Morgan fingerprint density at radius 3 is 2.91 bits per heavy atom. The summed E-state index contributed by atoms with van der Waals surface area (Å²) >= 11 is 1.89. The minimum Gasteiger partial charge on any atom is -0.497 e. The fourth-order valence-corrected chi connectivity index (χ4v) is 5.12. The highest BCUT2D eigenvalue weighted by molar-refractivity contribution is 7.99. The van der Waals surface area contributed by atoms with Gasteiger partial charge in [-0.3, -0.25) is 0 Å². The van der Waals surface area contributed by atoms with Crippen molar-refractivity contribution in [1.29, 1.82) is 0 Å². The molecule has 4 aliphatic rings. The number of methoxy groups -OCH3 is 1. The SMILES string of the molecule is COc1cccc(C(N2C=CC=CC2SC)C23CC(CN2)C3)c1. The number of benzene rings is 1. The van der Waals surface area contributed by atoms with Crippen molar-refractivity contribution in [1.82, 2.24) is 10.2 Å². The van der Waals surface area contributed by atoms with Gasteiger partial charge in [0, 0.05) is 11.7 Å². The van der Waals surface area contributed by atoms with Crippen molar-refractivity contribution < 1.29 is 4.74 Å². The van der Waals surface area contributed by atoms with E-state index in [0.29, 0.717) is 11.4 Å². The molecule has 1 N–H and O–H groups in total. The Morgan fingerprint density at radius 1 is 1.35 bits per heavy atom. The molecule has 3 fully saturated rings. The van der Waals surface area contributed by atoms with Crippen molar-refractivity contribution in [3.63, 3.8) is 0 Å². The maximum atomic E-state index is 5.48. The third-order valence-electron chi connectivity index (χ3n) is 5.46. The molecular formula is C19H24N2OS. The fourth-order valence-electron chi connectivity index (χ4n) is 4.44. The standard InChI is InChI=1S/C19H24N2OS/c1-22-16-7-5-6-15(10-16)18(19-11-14(12-19)13-20-19)21-9-4-3-8-17(21)23-2/h3-10,14,17-18,20H,11-13H2,1-2H3. The van der Waals surface area contributed by atoms with E-state index in [0.717, 1.165) is 18.2 Å². The zero-order chi connectivity index (χ0) is 15.9. The van der Waals surface area contributed by atoms with Gasteiger partial charge in [-0.25, -0.2) is 0 Å². The predicted molar refractivity (Wildman–Crippen MR) is 96.6 cm³/mol. The maximum absolute atomic E-state index is 5.48. The van der Waals surface area contributed by atoms with Crippen molar-refractivity contribution in [2.24, 2.45) is 5.92 Å². The van der Waals surface area contributed by atoms with Crippen LogP contribution in [0.5, 0.6) is 5.75 Å². The molecule has 0 radical (unpaired) electrons. The van der Waals surface area contributed by atoms with Crippen LogP contribution in [0.4, 0.5) is 0 Å². The molecule has 2 bridgehead atoms. The number of allylic oxidation sites excluding steroid dienone is 2. The Kier molecular flexibility index (Phi) is 3.90. The van der Waals surface area contributed by atoms with Gasteiger partial charge in [-0.1, -0.05) is 24.3 Å². The monoisotopic (exact) mass is 328 g/mol. The number of hydrogen-bond donors (Lipinski definition) is 1. The largest absolute Gasteiger partial charge is 0.497 e. The van der Waals surface area contributed by atoms with Gasteiger partial charge in [0.25, 0.3) is 0 Å². The molecule has 3 nitrogen and oxygen atoms in total. The lowest BCUT2D eigenvalue weighted by Crippen LogP contribution is -2.55. The zero-order valence-electron chi connectivity index (χ0n) is 13.7. The molecule has 3 aliphatic heterocycles. The third-order valence-corrected chi connectivity index (χ3v) is 6.34. The van der Waals surface area contributed by atoms with Crippen molar-refractivity contribution in [2.45, 2.75) is 29.8 Å². The molecule has 2 atom stereocenters. The lowest BCUT2D eigenvalue weighted by atomic mass is 9.67. The summed E-state index contributed by atoms with van der Waals surface area (Å²) in [6, 6.07) is 8.94. The van der Waals surface area contributed by atoms with Crippen LogP contribution in [-0.4, -0.2) is 35.7 Å². The summed E-state index contributed by atoms with van der Waals surface area (Å²) in [6.45, 7) is 1.16. The average molecular weight is 328 g/mol. The van der Waals surface area contributed by atoms with Crippen LogP contribution in [0, 0.1) is 5.92 Å². The van der Waals surface area contributed by atoms with E-state index in [1.54, 1.807) is 7.11 Å². The molecule has 1 aromatic rings. The normalized spacial score (nSPS) is 32.7. The van der Waals surface area contributed by atoms with Crippen LogP contribution < -0.4 is 10.1 Å². The van der Waals surface area contributed by atoms with Gasteiger partial charge in [0.1, 0.15) is 5.75 Å². The number of nitrogens with zero attached hydrogens (tertiary/aromatic N) is 1.